The lowest BCUT2D eigenvalue weighted by atomic mass is 9.99. The lowest BCUT2D eigenvalue weighted by Gasteiger charge is -2.13. The predicted octanol–water partition coefficient (Wildman–Crippen LogP) is 7.10. The number of hydrogen-bond donors (Lipinski definition) is 0. The number of esters is 2. The molecule has 0 N–H and O–H groups in total. The minimum Gasteiger partial charge on any atom is -0.494 e. The van der Waals surface area contributed by atoms with Crippen LogP contribution in [0.1, 0.15) is 58.5 Å². The molecule has 1 heterocycles. The van der Waals surface area contributed by atoms with E-state index in [4.69, 9.17) is 23.7 Å². The van der Waals surface area contributed by atoms with Crippen molar-refractivity contribution < 1.29 is 42.1 Å². The lowest BCUT2D eigenvalue weighted by Crippen LogP contribution is -2.19. The van der Waals surface area contributed by atoms with E-state index in [0.29, 0.717) is 24.7 Å². The van der Waals surface area contributed by atoms with Crippen molar-refractivity contribution in [3.05, 3.63) is 107 Å². The van der Waals surface area contributed by atoms with Gasteiger partial charge < -0.3 is 23.7 Å². The summed E-state index contributed by atoms with van der Waals surface area (Å²) >= 11 is 0. The molecule has 7 nitrogen and oxygen atoms in total. The van der Waals surface area contributed by atoms with E-state index in [1.54, 1.807) is 31.2 Å². The van der Waals surface area contributed by atoms with Gasteiger partial charge in [0.1, 0.15) is 46.8 Å². The van der Waals surface area contributed by atoms with Crippen molar-refractivity contribution >= 4 is 11.9 Å². The van der Waals surface area contributed by atoms with Gasteiger partial charge in [0.05, 0.1) is 24.3 Å². The van der Waals surface area contributed by atoms with Gasteiger partial charge in [-0.25, -0.2) is 18.4 Å². The molecule has 0 amide bonds. The zero-order chi connectivity index (χ0) is 30.2. The average Bonchev–Trinajstić information content (AvgIpc) is 3.79. The second-order valence-electron chi connectivity index (χ2n) is 10.4. The smallest absolute Gasteiger partial charge is 0.346 e. The summed E-state index contributed by atoms with van der Waals surface area (Å²) in [5.74, 6) is -2.11. The summed E-state index contributed by atoms with van der Waals surface area (Å²) in [6.45, 7) is 6.58. The van der Waals surface area contributed by atoms with Crippen LogP contribution < -0.4 is 18.9 Å². The van der Waals surface area contributed by atoms with E-state index < -0.39 is 23.6 Å². The van der Waals surface area contributed by atoms with Gasteiger partial charge >= 0.3 is 11.9 Å². The Morgan fingerprint density at radius 3 is 1.77 bits per heavy atom. The summed E-state index contributed by atoms with van der Waals surface area (Å²) in [5, 5.41) is 0. The minimum absolute atomic E-state index is 0.00336. The van der Waals surface area contributed by atoms with Crippen LogP contribution in [0.25, 0.3) is 11.1 Å². The number of carbonyl (C=O) groups excluding carboxylic acids is 2. The molecule has 9 heteroatoms. The van der Waals surface area contributed by atoms with Gasteiger partial charge in [-0.2, -0.15) is 0 Å². The van der Waals surface area contributed by atoms with Crippen molar-refractivity contribution in [1.82, 2.24) is 0 Å². The van der Waals surface area contributed by atoms with Crippen molar-refractivity contribution in [1.29, 1.82) is 0 Å². The summed E-state index contributed by atoms with van der Waals surface area (Å²) in [6, 6.07) is 18.4. The number of ether oxygens (including phenoxy) is 5. The summed E-state index contributed by atoms with van der Waals surface area (Å²) in [6.07, 6.45) is -0.226. The molecule has 220 valence electrons. The van der Waals surface area contributed by atoms with Crippen LogP contribution in [-0.4, -0.2) is 37.4 Å². The molecule has 0 aromatic heterocycles. The van der Waals surface area contributed by atoms with E-state index in [1.165, 1.54) is 24.3 Å². The molecule has 4 aromatic carbocycles. The Bertz CT molecular complexity index is 1730. The Morgan fingerprint density at radius 1 is 0.791 bits per heavy atom. The number of carbonyl (C=O) groups is 2. The van der Waals surface area contributed by atoms with Crippen LogP contribution >= 0.6 is 0 Å². The highest BCUT2D eigenvalue weighted by molar-refractivity contribution is 5.93. The number of epoxide rings is 1. The third-order valence-corrected chi connectivity index (χ3v) is 7.53. The normalized spacial score (nSPS) is 17.0. The van der Waals surface area contributed by atoms with Crippen LogP contribution in [0.2, 0.25) is 0 Å². The Balaban J connectivity index is 1.15. The molecule has 3 atom stereocenters. The summed E-state index contributed by atoms with van der Waals surface area (Å²) in [4.78, 5) is 25.5. The standard InChI is InChI=1S/C34H28F2O7/c1-4-39-20-5-11-26(30(35)15-20)33(37)42-21-6-9-24-25-10-7-22(14-29(25)18(2)28(24)13-21)43-34(38)27-12-8-23(16-31(27)36)41-19(3)32-17-40-32/h5-16,18-19,32H,4,17H2,1-3H3. The second-order valence-corrected chi connectivity index (χ2v) is 10.4. The Labute approximate surface area is 246 Å². The molecule has 1 aliphatic carbocycles. The van der Waals surface area contributed by atoms with E-state index in [2.05, 4.69) is 0 Å². The van der Waals surface area contributed by atoms with E-state index in [9.17, 15) is 18.4 Å². The number of halogens is 2. The van der Waals surface area contributed by atoms with Gasteiger partial charge in [-0.15, -0.1) is 0 Å². The first-order valence-electron chi connectivity index (χ1n) is 13.9. The fourth-order valence-corrected chi connectivity index (χ4v) is 5.18. The van der Waals surface area contributed by atoms with Crippen molar-refractivity contribution in [3.63, 3.8) is 0 Å². The maximum absolute atomic E-state index is 14.8. The Morgan fingerprint density at radius 2 is 1.28 bits per heavy atom. The topological polar surface area (TPSA) is 83.6 Å². The molecular weight excluding hydrogens is 558 g/mol. The van der Waals surface area contributed by atoms with Gasteiger partial charge in [0.25, 0.3) is 0 Å². The molecule has 1 fully saturated rings. The average molecular weight is 587 g/mol. The van der Waals surface area contributed by atoms with Gasteiger partial charge in [0, 0.05) is 18.1 Å². The van der Waals surface area contributed by atoms with Crippen LogP contribution in [0.4, 0.5) is 8.78 Å². The first-order chi connectivity index (χ1) is 20.7. The first-order valence-corrected chi connectivity index (χ1v) is 13.9. The molecule has 0 spiro atoms. The van der Waals surface area contributed by atoms with Gasteiger partial charge in [-0.05, 0) is 84.6 Å². The lowest BCUT2D eigenvalue weighted by molar-refractivity contribution is 0.0719. The van der Waals surface area contributed by atoms with Gasteiger partial charge in [0.15, 0.2) is 0 Å². The summed E-state index contributed by atoms with van der Waals surface area (Å²) < 4.78 is 56.4. The van der Waals surface area contributed by atoms with Crippen molar-refractivity contribution in [3.8, 4) is 34.1 Å². The van der Waals surface area contributed by atoms with Crippen LogP contribution in [0.3, 0.4) is 0 Å². The molecule has 0 bridgehead atoms. The van der Waals surface area contributed by atoms with Gasteiger partial charge in [-0.3, -0.25) is 0 Å². The molecule has 2 aliphatic rings. The van der Waals surface area contributed by atoms with E-state index in [-0.39, 0.29) is 40.8 Å². The molecule has 0 radical (unpaired) electrons. The maximum Gasteiger partial charge on any atom is 0.346 e. The fraction of sp³-hybridized carbons (Fsp3) is 0.235. The van der Waals surface area contributed by atoms with Crippen LogP contribution in [0.5, 0.6) is 23.0 Å². The van der Waals surface area contributed by atoms with Crippen molar-refractivity contribution in [2.45, 2.75) is 38.9 Å². The van der Waals surface area contributed by atoms with E-state index in [0.717, 1.165) is 34.4 Å². The van der Waals surface area contributed by atoms with Crippen molar-refractivity contribution in [2.24, 2.45) is 0 Å². The zero-order valence-electron chi connectivity index (χ0n) is 23.7. The van der Waals surface area contributed by atoms with E-state index in [1.807, 2.05) is 26.0 Å². The molecule has 3 unspecified atom stereocenters. The maximum atomic E-state index is 14.8. The highest BCUT2D eigenvalue weighted by Gasteiger charge is 2.31. The third kappa shape index (κ3) is 5.81. The minimum atomic E-state index is -0.832. The number of hydrogen-bond acceptors (Lipinski definition) is 7. The van der Waals surface area contributed by atoms with Crippen LogP contribution in [-0.2, 0) is 4.74 Å². The van der Waals surface area contributed by atoms with Crippen LogP contribution in [0.15, 0.2) is 72.8 Å². The molecule has 43 heavy (non-hydrogen) atoms. The summed E-state index contributed by atoms with van der Waals surface area (Å²) in [5.41, 5.74) is 3.23. The van der Waals surface area contributed by atoms with E-state index >= 15 is 0 Å². The number of benzene rings is 4. The first kappa shape index (κ1) is 28.4. The van der Waals surface area contributed by atoms with Gasteiger partial charge in [0.2, 0.25) is 0 Å². The molecule has 1 aliphatic heterocycles. The monoisotopic (exact) mass is 586 g/mol. The zero-order valence-corrected chi connectivity index (χ0v) is 23.7. The quantitative estimate of drug-likeness (QED) is 0.118. The third-order valence-electron chi connectivity index (χ3n) is 7.53. The second kappa shape index (κ2) is 11.5. The number of rotatable bonds is 9. The van der Waals surface area contributed by atoms with Crippen LogP contribution in [0, 0.1) is 11.6 Å². The predicted molar refractivity (Wildman–Crippen MR) is 153 cm³/mol. The highest BCUT2D eigenvalue weighted by Crippen LogP contribution is 2.47. The highest BCUT2D eigenvalue weighted by atomic mass is 19.1. The molecule has 6 rings (SSSR count). The fourth-order valence-electron chi connectivity index (χ4n) is 5.18. The molecular formula is C34H28F2O7. The molecule has 4 aromatic rings. The largest absolute Gasteiger partial charge is 0.494 e. The Kier molecular flexibility index (Phi) is 7.58. The molecule has 0 saturated carbocycles. The van der Waals surface area contributed by atoms with Crippen molar-refractivity contribution in [2.75, 3.05) is 13.2 Å². The molecule has 1 saturated heterocycles. The Hall–Kier alpha value is -4.76. The number of fused-ring (bicyclic) bond motifs is 3. The summed E-state index contributed by atoms with van der Waals surface area (Å²) in [7, 11) is 0. The van der Waals surface area contributed by atoms with Gasteiger partial charge in [-0.1, -0.05) is 19.1 Å². The SMILES string of the molecule is CCOc1ccc(C(=O)Oc2ccc3c(c2)C(C)c2cc(OC(=O)c4ccc(OC(C)C5CO5)cc4F)ccc2-3)c(F)c1.